The number of rotatable bonds is 4. The number of nitrogens with zero attached hydrogens (tertiary/aromatic N) is 3. The summed E-state index contributed by atoms with van der Waals surface area (Å²) < 4.78 is 11.3. The number of aliphatic imine (C=N–C) groups is 1. The Morgan fingerprint density at radius 3 is 2.58 bits per heavy atom. The van der Waals surface area contributed by atoms with Crippen molar-refractivity contribution in [2.24, 2.45) is 16.8 Å². The van der Waals surface area contributed by atoms with E-state index < -0.39 is 0 Å². The number of methoxy groups -OCH3 is 1. The Morgan fingerprint density at radius 1 is 1.05 bits per heavy atom. The second-order valence-corrected chi connectivity index (χ2v) is 12.1. The van der Waals surface area contributed by atoms with Gasteiger partial charge in [-0.25, -0.2) is 0 Å². The van der Waals surface area contributed by atoms with Crippen LogP contribution in [0.2, 0.25) is 0 Å². The standard InChI is InChI=1S/C30H31N3O4S/c1-36-25-6-5-21(13-24(25)30-14-22-16-32(18-30)17-23(15-30)27(22)34)20-4-2-3-19(11-20)12-26-28(35)31-29(38-26)33-7-9-37-10-8-33/h2-6,11-13,22-23H,7-10,14-18H2,1H3/b26-12-. The number of morpholine rings is 1. The minimum atomic E-state index is -0.181. The van der Waals surface area contributed by atoms with Gasteiger partial charge < -0.3 is 19.3 Å². The molecule has 4 saturated heterocycles. The summed E-state index contributed by atoms with van der Waals surface area (Å²) in [5.41, 5.74) is 4.36. The SMILES string of the molecule is COc1ccc(-c2cccc(/C=C3\SC(N4CCOCC4)=NC3=O)c2)cc1C12CC3CN(CC(C1)C3=O)C2. The molecule has 7 nitrogen and oxygen atoms in total. The summed E-state index contributed by atoms with van der Waals surface area (Å²) in [5, 5.41) is 0.769. The Labute approximate surface area is 226 Å². The average Bonchev–Trinajstić information content (AvgIpc) is 3.31. The number of amides is 1. The summed E-state index contributed by atoms with van der Waals surface area (Å²) in [6, 6.07) is 14.8. The van der Waals surface area contributed by atoms with E-state index >= 15 is 0 Å². The van der Waals surface area contributed by atoms with Gasteiger partial charge in [0.15, 0.2) is 5.17 Å². The summed E-state index contributed by atoms with van der Waals surface area (Å²) in [5.74, 6) is 1.48. The van der Waals surface area contributed by atoms with Crippen LogP contribution in [0, 0.1) is 11.8 Å². The van der Waals surface area contributed by atoms with Gasteiger partial charge in [-0.3, -0.25) is 9.59 Å². The lowest BCUT2D eigenvalue weighted by molar-refractivity contribution is -0.145. The molecule has 6 aliphatic rings. The third-order valence-corrected chi connectivity index (χ3v) is 9.79. The number of carbonyl (C=O) groups is 2. The van der Waals surface area contributed by atoms with Gasteiger partial charge in [-0.1, -0.05) is 24.3 Å². The van der Waals surface area contributed by atoms with Crippen LogP contribution in [0.4, 0.5) is 0 Å². The molecule has 2 aromatic carbocycles. The molecule has 5 heterocycles. The number of hydrogen-bond acceptors (Lipinski definition) is 7. The monoisotopic (exact) mass is 529 g/mol. The van der Waals surface area contributed by atoms with E-state index in [1.165, 1.54) is 17.3 Å². The van der Waals surface area contributed by atoms with Crippen LogP contribution in [0.3, 0.4) is 0 Å². The topological polar surface area (TPSA) is 71.4 Å². The van der Waals surface area contributed by atoms with E-state index in [-0.39, 0.29) is 23.2 Å². The predicted molar refractivity (Wildman–Crippen MR) is 148 cm³/mol. The van der Waals surface area contributed by atoms with Gasteiger partial charge in [-0.05, 0) is 65.6 Å². The summed E-state index contributed by atoms with van der Waals surface area (Å²) in [6.45, 7) is 5.65. The van der Waals surface area contributed by atoms with E-state index in [9.17, 15) is 9.59 Å². The first kappa shape index (κ1) is 24.1. The number of Topliss-reactive ketones (excluding diaryl/α,β-unsaturated/α-hetero) is 1. The van der Waals surface area contributed by atoms with Gasteiger partial charge in [0.2, 0.25) is 0 Å². The Morgan fingerprint density at radius 2 is 1.82 bits per heavy atom. The molecule has 0 spiro atoms. The summed E-state index contributed by atoms with van der Waals surface area (Å²) in [6.07, 6.45) is 3.76. The summed E-state index contributed by atoms with van der Waals surface area (Å²) in [4.78, 5) is 35.0. The maximum absolute atomic E-state index is 12.8. The quantitative estimate of drug-likeness (QED) is 0.558. The first-order valence-electron chi connectivity index (χ1n) is 13.4. The molecule has 8 heteroatoms. The number of carbonyl (C=O) groups excluding carboxylic acids is 2. The van der Waals surface area contributed by atoms with Crippen LogP contribution in [0.15, 0.2) is 52.4 Å². The van der Waals surface area contributed by atoms with Crippen molar-refractivity contribution in [3.8, 4) is 16.9 Å². The maximum atomic E-state index is 12.8. The van der Waals surface area contributed by atoms with Crippen molar-refractivity contribution in [2.75, 3.05) is 53.0 Å². The molecule has 1 saturated carbocycles. The second-order valence-electron chi connectivity index (χ2n) is 11.1. The van der Waals surface area contributed by atoms with Gasteiger partial charge in [-0.15, -0.1) is 0 Å². The molecule has 8 rings (SSSR count). The molecular formula is C30H31N3O4S. The van der Waals surface area contributed by atoms with E-state index in [2.05, 4.69) is 45.1 Å². The zero-order chi connectivity index (χ0) is 25.9. The molecule has 0 N–H and O–H groups in total. The fraction of sp³-hybridized carbons (Fsp3) is 0.433. The van der Waals surface area contributed by atoms with Crippen LogP contribution in [0.25, 0.3) is 17.2 Å². The Kier molecular flexibility index (Phi) is 5.94. The zero-order valence-electron chi connectivity index (χ0n) is 21.5. The third kappa shape index (κ3) is 4.10. The second kappa shape index (κ2) is 9.36. The van der Waals surface area contributed by atoms with Crippen molar-refractivity contribution in [3.05, 3.63) is 58.5 Å². The highest BCUT2D eigenvalue weighted by molar-refractivity contribution is 8.18. The lowest BCUT2D eigenvalue weighted by atomic mass is 9.56. The van der Waals surface area contributed by atoms with Crippen LogP contribution < -0.4 is 4.74 Å². The lowest BCUT2D eigenvalue weighted by Crippen LogP contribution is -2.64. The first-order valence-corrected chi connectivity index (χ1v) is 14.2. The molecule has 0 radical (unpaired) electrons. The minimum Gasteiger partial charge on any atom is -0.496 e. The normalized spacial score (nSPS) is 31.3. The molecule has 5 fully saturated rings. The van der Waals surface area contributed by atoms with Crippen LogP contribution in [0.1, 0.15) is 24.0 Å². The third-order valence-electron chi connectivity index (χ3n) is 8.74. The highest BCUT2D eigenvalue weighted by Crippen LogP contribution is 2.53. The van der Waals surface area contributed by atoms with E-state index in [4.69, 9.17) is 9.47 Å². The van der Waals surface area contributed by atoms with Crippen LogP contribution in [0.5, 0.6) is 5.75 Å². The average molecular weight is 530 g/mol. The number of piperidine rings is 3. The molecule has 4 bridgehead atoms. The first-order chi connectivity index (χ1) is 18.5. The van der Waals surface area contributed by atoms with Gasteiger partial charge in [0.25, 0.3) is 5.91 Å². The van der Waals surface area contributed by atoms with Crippen molar-refractivity contribution >= 4 is 34.7 Å². The summed E-state index contributed by atoms with van der Waals surface area (Å²) in [7, 11) is 1.74. The van der Waals surface area contributed by atoms with Crippen LogP contribution >= 0.6 is 11.8 Å². The van der Waals surface area contributed by atoms with E-state index in [1.807, 2.05) is 18.2 Å². The van der Waals surface area contributed by atoms with Crippen molar-refractivity contribution in [2.45, 2.75) is 18.3 Å². The fourth-order valence-electron chi connectivity index (χ4n) is 7.11. The highest BCUT2D eigenvalue weighted by atomic mass is 32.2. The van der Waals surface area contributed by atoms with Crippen LogP contribution in [-0.4, -0.2) is 79.7 Å². The van der Waals surface area contributed by atoms with E-state index in [0.29, 0.717) is 23.9 Å². The molecule has 196 valence electrons. The highest BCUT2D eigenvalue weighted by Gasteiger charge is 2.55. The van der Waals surface area contributed by atoms with Crippen molar-refractivity contribution in [3.63, 3.8) is 0 Å². The maximum Gasteiger partial charge on any atom is 0.286 e. The molecule has 2 aromatic rings. The van der Waals surface area contributed by atoms with Gasteiger partial charge in [-0.2, -0.15) is 4.99 Å². The molecule has 2 atom stereocenters. The molecule has 5 aliphatic heterocycles. The number of hydrogen-bond donors (Lipinski definition) is 0. The number of amidine groups is 1. The van der Waals surface area contributed by atoms with Crippen molar-refractivity contribution < 1.29 is 19.1 Å². The molecule has 0 aromatic heterocycles. The Balaban J connectivity index is 1.18. The smallest absolute Gasteiger partial charge is 0.286 e. The van der Waals surface area contributed by atoms with Crippen molar-refractivity contribution in [1.29, 1.82) is 0 Å². The number of benzene rings is 2. The minimum absolute atomic E-state index is 0.0409. The fourth-order valence-corrected chi connectivity index (χ4v) is 8.07. The zero-order valence-corrected chi connectivity index (χ0v) is 22.3. The molecule has 38 heavy (non-hydrogen) atoms. The number of ketones is 1. The number of ether oxygens (including phenoxy) is 2. The molecule has 1 amide bonds. The van der Waals surface area contributed by atoms with Gasteiger partial charge in [0.1, 0.15) is 11.5 Å². The Hall–Kier alpha value is -2.94. The predicted octanol–water partition coefficient (Wildman–Crippen LogP) is 3.83. The van der Waals surface area contributed by atoms with E-state index in [0.717, 1.165) is 73.2 Å². The number of thioether (sulfide) groups is 1. The van der Waals surface area contributed by atoms with Gasteiger partial charge >= 0.3 is 0 Å². The van der Waals surface area contributed by atoms with Gasteiger partial charge in [0, 0.05) is 55.5 Å². The Bertz CT molecular complexity index is 1360. The largest absolute Gasteiger partial charge is 0.496 e. The van der Waals surface area contributed by atoms with Crippen LogP contribution in [-0.2, 0) is 19.7 Å². The van der Waals surface area contributed by atoms with Crippen molar-refractivity contribution in [1.82, 2.24) is 9.80 Å². The van der Waals surface area contributed by atoms with Gasteiger partial charge in [0.05, 0.1) is 25.2 Å². The lowest BCUT2D eigenvalue weighted by Gasteiger charge is -2.57. The molecular weight excluding hydrogens is 498 g/mol. The van der Waals surface area contributed by atoms with E-state index in [1.54, 1.807) is 7.11 Å². The molecule has 2 unspecified atom stereocenters. The summed E-state index contributed by atoms with van der Waals surface area (Å²) >= 11 is 1.44. The molecule has 1 aliphatic carbocycles.